The number of amides is 1. The van der Waals surface area contributed by atoms with Crippen LogP contribution in [0.2, 0.25) is 0 Å². The first kappa shape index (κ1) is 16.8. The molecular formula is C19H19NO5. The molecule has 0 radical (unpaired) electrons. The van der Waals surface area contributed by atoms with E-state index in [1.807, 2.05) is 0 Å². The van der Waals surface area contributed by atoms with Crippen molar-refractivity contribution in [3.63, 3.8) is 0 Å². The van der Waals surface area contributed by atoms with Crippen molar-refractivity contribution in [3.05, 3.63) is 59.2 Å². The maximum absolute atomic E-state index is 12.6. The van der Waals surface area contributed by atoms with Gasteiger partial charge in [-0.05, 0) is 41.5 Å². The highest BCUT2D eigenvalue weighted by atomic mass is 16.5. The Morgan fingerprint density at radius 3 is 2.68 bits per heavy atom. The second kappa shape index (κ2) is 7.25. The van der Waals surface area contributed by atoms with E-state index in [0.717, 1.165) is 17.7 Å². The molecule has 2 aromatic rings. The molecule has 2 aromatic carbocycles. The fourth-order valence-corrected chi connectivity index (χ4v) is 2.83. The van der Waals surface area contributed by atoms with E-state index in [4.69, 9.17) is 14.6 Å². The minimum absolute atomic E-state index is 0.202. The lowest BCUT2D eigenvalue weighted by Gasteiger charge is -2.18. The Hall–Kier alpha value is -3.02. The van der Waals surface area contributed by atoms with Crippen LogP contribution < -0.4 is 14.8 Å². The first-order chi connectivity index (χ1) is 12.1. The third-order valence-corrected chi connectivity index (χ3v) is 4.15. The third-order valence-electron chi connectivity index (χ3n) is 4.15. The molecule has 25 heavy (non-hydrogen) atoms. The molecule has 0 fully saturated rings. The zero-order valence-electron chi connectivity index (χ0n) is 13.8. The van der Waals surface area contributed by atoms with Gasteiger partial charge in [0.05, 0.1) is 26.2 Å². The number of ether oxygens (including phenoxy) is 2. The molecule has 1 aliphatic rings. The minimum Gasteiger partial charge on any atom is -0.497 e. The van der Waals surface area contributed by atoms with Gasteiger partial charge in [-0.1, -0.05) is 12.1 Å². The van der Waals surface area contributed by atoms with E-state index < -0.39 is 12.0 Å². The Morgan fingerprint density at radius 2 is 2.00 bits per heavy atom. The third kappa shape index (κ3) is 3.91. The molecule has 6 nitrogen and oxygen atoms in total. The highest BCUT2D eigenvalue weighted by molar-refractivity contribution is 5.95. The van der Waals surface area contributed by atoms with Crippen LogP contribution in [0.5, 0.6) is 11.5 Å². The van der Waals surface area contributed by atoms with Gasteiger partial charge in [-0.3, -0.25) is 9.59 Å². The summed E-state index contributed by atoms with van der Waals surface area (Å²) in [7, 11) is 1.56. The highest BCUT2D eigenvalue weighted by Crippen LogP contribution is 2.26. The molecule has 1 atom stereocenters. The first-order valence-electron chi connectivity index (χ1n) is 7.99. The van der Waals surface area contributed by atoms with E-state index in [1.54, 1.807) is 49.6 Å². The van der Waals surface area contributed by atoms with E-state index in [1.165, 1.54) is 0 Å². The molecule has 3 rings (SSSR count). The van der Waals surface area contributed by atoms with Crippen LogP contribution in [0.1, 0.15) is 33.9 Å². The maximum atomic E-state index is 12.6. The summed E-state index contributed by atoms with van der Waals surface area (Å²) in [6, 6.07) is 11.6. The van der Waals surface area contributed by atoms with Gasteiger partial charge in [-0.25, -0.2) is 0 Å². The molecule has 0 saturated heterocycles. The number of methoxy groups -OCH3 is 1. The monoisotopic (exact) mass is 341 g/mol. The van der Waals surface area contributed by atoms with Crippen LogP contribution in [-0.2, 0) is 11.2 Å². The second-order valence-corrected chi connectivity index (χ2v) is 5.82. The van der Waals surface area contributed by atoms with Crippen molar-refractivity contribution in [1.82, 2.24) is 5.32 Å². The van der Waals surface area contributed by atoms with Crippen molar-refractivity contribution in [2.45, 2.75) is 18.9 Å². The zero-order valence-corrected chi connectivity index (χ0v) is 13.8. The summed E-state index contributed by atoms with van der Waals surface area (Å²) < 4.78 is 10.5. The number of carbonyl (C=O) groups excluding carboxylic acids is 1. The molecule has 0 bridgehead atoms. The predicted octanol–water partition coefficient (Wildman–Crippen LogP) is 2.58. The number of carboxylic acid groups (broad SMARTS) is 1. The average Bonchev–Trinajstić information content (AvgIpc) is 3.08. The smallest absolute Gasteiger partial charge is 0.305 e. The van der Waals surface area contributed by atoms with E-state index in [-0.39, 0.29) is 12.3 Å². The summed E-state index contributed by atoms with van der Waals surface area (Å²) >= 11 is 0. The molecule has 1 unspecified atom stereocenters. The van der Waals surface area contributed by atoms with E-state index >= 15 is 0 Å². The van der Waals surface area contributed by atoms with Gasteiger partial charge in [0, 0.05) is 12.0 Å². The molecule has 130 valence electrons. The highest BCUT2D eigenvalue weighted by Gasteiger charge is 2.21. The average molecular weight is 341 g/mol. The van der Waals surface area contributed by atoms with Crippen LogP contribution in [-0.4, -0.2) is 30.7 Å². The number of benzene rings is 2. The molecule has 6 heteroatoms. The quantitative estimate of drug-likeness (QED) is 0.843. The Labute approximate surface area is 145 Å². The summed E-state index contributed by atoms with van der Waals surface area (Å²) in [5.74, 6) is 0.178. The van der Waals surface area contributed by atoms with Crippen LogP contribution >= 0.6 is 0 Å². The summed E-state index contributed by atoms with van der Waals surface area (Å²) in [4.78, 5) is 23.7. The van der Waals surface area contributed by atoms with Crippen molar-refractivity contribution in [2.75, 3.05) is 13.7 Å². The summed E-state index contributed by atoms with van der Waals surface area (Å²) in [5.41, 5.74) is 2.20. The molecular weight excluding hydrogens is 322 g/mol. The van der Waals surface area contributed by atoms with Gasteiger partial charge in [0.25, 0.3) is 5.91 Å². The number of carbonyl (C=O) groups is 2. The lowest BCUT2D eigenvalue weighted by Crippen LogP contribution is -2.30. The van der Waals surface area contributed by atoms with Crippen LogP contribution in [0.4, 0.5) is 0 Å². The SMILES string of the molecule is COc1ccc(C(CC(=O)O)NC(=O)c2ccc3c(c2)CCO3)cc1. The number of fused-ring (bicyclic) bond motifs is 1. The van der Waals surface area contributed by atoms with Crippen LogP contribution in [0.3, 0.4) is 0 Å². The van der Waals surface area contributed by atoms with E-state index in [9.17, 15) is 9.59 Å². The number of hydrogen-bond donors (Lipinski definition) is 2. The van der Waals surface area contributed by atoms with Gasteiger partial charge in [-0.2, -0.15) is 0 Å². The lowest BCUT2D eigenvalue weighted by molar-refractivity contribution is -0.137. The van der Waals surface area contributed by atoms with E-state index in [0.29, 0.717) is 23.5 Å². The Balaban J connectivity index is 1.79. The molecule has 1 heterocycles. The standard InChI is InChI=1S/C19H19NO5/c1-24-15-5-2-12(3-6-15)16(11-18(21)22)20-19(23)14-4-7-17-13(10-14)8-9-25-17/h2-7,10,16H,8-9,11H2,1H3,(H,20,23)(H,21,22). The first-order valence-corrected chi connectivity index (χ1v) is 7.99. The van der Waals surface area contributed by atoms with Crippen LogP contribution in [0, 0.1) is 0 Å². The zero-order chi connectivity index (χ0) is 17.8. The molecule has 0 saturated carbocycles. The normalized spacial score (nSPS) is 13.5. The van der Waals surface area contributed by atoms with Gasteiger partial charge in [0.2, 0.25) is 0 Å². The Morgan fingerprint density at radius 1 is 1.24 bits per heavy atom. The van der Waals surface area contributed by atoms with Gasteiger partial charge < -0.3 is 19.9 Å². The predicted molar refractivity (Wildman–Crippen MR) is 91.1 cm³/mol. The Kier molecular flexibility index (Phi) is 4.88. The number of nitrogens with one attached hydrogen (secondary N) is 1. The van der Waals surface area contributed by atoms with Crippen molar-refractivity contribution in [1.29, 1.82) is 0 Å². The van der Waals surface area contributed by atoms with Gasteiger partial charge in [-0.15, -0.1) is 0 Å². The van der Waals surface area contributed by atoms with Gasteiger partial charge in [0.1, 0.15) is 11.5 Å². The molecule has 0 aromatic heterocycles. The fraction of sp³-hybridized carbons (Fsp3) is 0.263. The molecule has 1 amide bonds. The summed E-state index contributed by atoms with van der Waals surface area (Å²) in [6.45, 7) is 0.619. The molecule has 1 aliphatic heterocycles. The van der Waals surface area contributed by atoms with Gasteiger partial charge >= 0.3 is 5.97 Å². The maximum Gasteiger partial charge on any atom is 0.305 e. The Bertz CT molecular complexity index is 785. The number of hydrogen-bond acceptors (Lipinski definition) is 4. The van der Waals surface area contributed by atoms with Crippen LogP contribution in [0.25, 0.3) is 0 Å². The largest absolute Gasteiger partial charge is 0.497 e. The summed E-state index contributed by atoms with van der Waals surface area (Å²) in [6.07, 6.45) is 0.569. The summed E-state index contributed by atoms with van der Waals surface area (Å²) in [5, 5.41) is 12.0. The van der Waals surface area contributed by atoms with E-state index in [2.05, 4.69) is 5.32 Å². The second-order valence-electron chi connectivity index (χ2n) is 5.82. The minimum atomic E-state index is -0.983. The fourth-order valence-electron chi connectivity index (χ4n) is 2.83. The molecule has 0 aliphatic carbocycles. The number of aliphatic carboxylic acids is 1. The van der Waals surface area contributed by atoms with Crippen LogP contribution in [0.15, 0.2) is 42.5 Å². The number of rotatable bonds is 6. The van der Waals surface area contributed by atoms with Crippen molar-refractivity contribution in [3.8, 4) is 11.5 Å². The number of carboxylic acids is 1. The van der Waals surface area contributed by atoms with Crippen molar-refractivity contribution < 1.29 is 24.2 Å². The molecule has 2 N–H and O–H groups in total. The molecule has 0 spiro atoms. The van der Waals surface area contributed by atoms with Crippen molar-refractivity contribution >= 4 is 11.9 Å². The lowest BCUT2D eigenvalue weighted by atomic mass is 10.0. The van der Waals surface area contributed by atoms with Gasteiger partial charge in [0.15, 0.2) is 0 Å². The topological polar surface area (TPSA) is 84.9 Å². The van der Waals surface area contributed by atoms with Crippen molar-refractivity contribution in [2.24, 2.45) is 0 Å².